The summed E-state index contributed by atoms with van der Waals surface area (Å²) in [6.07, 6.45) is 4.20. The van der Waals surface area contributed by atoms with Crippen LogP contribution < -0.4 is 15.5 Å². The third-order valence-corrected chi connectivity index (χ3v) is 8.24. The molecule has 3 aromatic rings. The van der Waals surface area contributed by atoms with Crippen molar-refractivity contribution < 1.29 is 9.18 Å². The van der Waals surface area contributed by atoms with E-state index in [1.807, 2.05) is 29.2 Å². The number of anilines is 2. The zero-order chi connectivity index (χ0) is 27.9. The fraction of sp³-hybridized carbons (Fsp3) is 0.300. The normalized spacial score (nSPS) is 19.8. The summed E-state index contributed by atoms with van der Waals surface area (Å²) >= 11 is 12.8. The molecular weight excluding hydrogens is 533 g/mol. The summed E-state index contributed by atoms with van der Waals surface area (Å²) in [5, 5.41) is 7.42. The number of nitrogens with one attached hydrogen (secondary N) is 2. The molecule has 6 nitrogen and oxygen atoms in total. The molecule has 0 unspecified atom stereocenters. The first-order valence-corrected chi connectivity index (χ1v) is 13.6. The number of hydrogen-bond acceptors (Lipinski definition) is 4. The van der Waals surface area contributed by atoms with E-state index in [1.54, 1.807) is 6.20 Å². The summed E-state index contributed by atoms with van der Waals surface area (Å²) in [7, 11) is 2.08. The highest BCUT2D eigenvalue weighted by atomic mass is 35.5. The highest BCUT2D eigenvalue weighted by molar-refractivity contribution is 7.80. The number of amides is 1. The van der Waals surface area contributed by atoms with Gasteiger partial charge in [0.05, 0.1) is 23.3 Å². The van der Waals surface area contributed by atoms with Gasteiger partial charge in [0.25, 0.3) is 0 Å². The van der Waals surface area contributed by atoms with Crippen molar-refractivity contribution in [3.05, 3.63) is 94.5 Å². The Bertz CT molecular complexity index is 1440. The van der Waals surface area contributed by atoms with Crippen LogP contribution in [0.4, 0.5) is 15.8 Å². The molecule has 2 aliphatic rings. The van der Waals surface area contributed by atoms with Crippen LogP contribution in [0.5, 0.6) is 0 Å². The Morgan fingerprint density at radius 3 is 2.64 bits per heavy atom. The molecule has 1 aromatic heterocycles. The number of fused-ring (bicyclic) bond motifs is 1. The standard InChI is InChI=1S/C30H31ClFN5OS/c1-18-17-30(2,3)36(4)25-16-23(31)22(15-21(18)25)28-27(24-7-5-6-13-33-24)35-29(39)37(28)14-12-26(38)34-20-10-8-19(32)9-11-20/h5-11,13,15-17,27-28H,12,14H2,1-4H3,(H,34,38)(H,35,39)/t27-,28-/m1/s1. The number of rotatable bonds is 6. The first kappa shape index (κ1) is 27.1. The van der Waals surface area contributed by atoms with Crippen molar-refractivity contribution in [2.75, 3.05) is 23.8 Å². The number of carbonyl (C=O) groups is 1. The van der Waals surface area contributed by atoms with Gasteiger partial charge < -0.3 is 20.4 Å². The number of thiocarbonyl (C=S) groups is 1. The molecule has 1 fully saturated rings. The third-order valence-electron chi connectivity index (χ3n) is 7.56. The average molecular weight is 564 g/mol. The van der Waals surface area contributed by atoms with Gasteiger partial charge in [0.1, 0.15) is 5.82 Å². The Kier molecular flexibility index (Phi) is 7.35. The predicted octanol–water partition coefficient (Wildman–Crippen LogP) is 6.51. The van der Waals surface area contributed by atoms with E-state index < -0.39 is 0 Å². The maximum Gasteiger partial charge on any atom is 0.226 e. The minimum absolute atomic E-state index is 0.140. The lowest BCUT2D eigenvalue weighted by atomic mass is 9.86. The quantitative estimate of drug-likeness (QED) is 0.334. The molecule has 1 saturated heterocycles. The average Bonchev–Trinajstić information content (AvgIpc) is 3.23. The first-order chi connectivity index (χ1) is 18.5. The number of hydrogen-bond donors (Lipinski definition) is 2. The van der Waals surface area contributed by atoms with Crippen LogP contribution in [-0.4, -0.2) is 40.0 Å². The van der Waals surface area contributed by atoms with E-state index in [4.69, 9.17) is 23.8 Å². The number of benzene rings is 2. The summed E-state index contributed by atoms with van der Waals surface area (Å²) in [5.74, 6) is -0.546. The molecule has 0 aliphatic carbocycles. The third kappa shape index (κ3) is 5.36. The first-order valence-electron chi connectivity index (χ1n) is 12.9. The van der Waals surface area contributed by atoms with Crippen LogP contribution in [-0.2, 0) is 4.79 Å². The van der Waals surface area contributed by atoms with Gasteiger partial charge in [0, 0.05) is 48.2 Å². The van der Waals surface area contributed by atoms with Crippen molar-refractivity contribution in [1.82, 2.24) is 15.2 Å². The summed E-state index contributed by atoms with van der Waals surface area (Å²) in [6.45, 7) is 6.84. The monoisotopic (exact) mass is 563 g/mol. The van der Waals surface area contributed by atoms with Crippen molar-refractivity contribution in [1.29, 1.82) is 0 Å². The van der Waals surface area contributed by atoms with E-state index in [-0.39, 0.29) is 35.8 Å². The lowest BCUT2D eigenvalue weighted by Crippen LogP contribution is -2.42. The summed E-state index contributed by atoms with van der Waals surface area (Å²) in [6, 6.07) is 15.1. The minimum atomic E-state index is -0.355. The van der Waals surface area contributed by atoms with Gasteiger partial charge in [-0.3, -0.25) is 9.78 Å². The molecule has 0 saturated carbocycles. The Morgan fingerprint density at radius 2 is 1.95 bits per heavy atom. The second kappa shape index (κ2) is 10.6. The zero-order valence-corrected chi connectivity index (χ0v) is 23.9. The van der Waals surface area contributed by atoms with E-state index in [9.17, 15) is 9.18 Å². The van der Waals surface area contributed by atoms with Gasteiger partial charge in [-0.05, 0) is 92.7 Å². The van der Waals surface area contributed by atoms with Gasteiger partial charge >= 0.3 is 0 Å². The molecular formula is C30H31ClFN5OS. The zero-order valence-electron chi connectivity index (χ0n) is 22.3. The largest absolute Gasteiger partial charge is 0.365 e. The van der Waals surface area contributed by atoms with Gasteiger partial charge in [-0.15, -0.1) is 0 Å². The molecule has 3 heterocycles. The molecule has 1 amide bonds. The predicted molar refractivity (Wildman–Crippen MR) is 159 cm³/mol. The summed E-state index contributed by atoms with van der Waals surface area (Å²) < 4.78 is 13.3. The molecule has 202 valence electrons. The van der Waals surface area contributed by atoms with Gasteiger partial charge in [0.2, 0.25) is 5.91 Å². The van der Waals surface area contributed by atoms with Crippen LogP contribution in [0.1, 0.15) is 56.1 Å². The molecule has 2 aromatic carbocycles. The molecule has 0 radical (unpaired) electrons. The van der Waals surface area contributed by atoms with Crippen molar-refractivity contribution in [2.24, 2.45) is 0 Å². The minimum Gasteiger partial charge on any atom is -0.365 e. The second-order valence-electron chi connectivity index (χ2n) is 10.6. The number of allylic oxidation sites excluding steroid dienone is 1. The molecule has 0 spiro atoms. The van der Waals surface area contributed by atoms with Gasteiger partial charge in [-0.25, -0.2) is 4.39 Å². The fourth-order valence-corrected chi connectivity index (χ4v) is 5.98. The Balaban J connectivity index is 1.48. The molecule has 9 heteroatoms. The van der Waals surface area contributed by atoms with Crippen molar-refractivity contribution in [2.45, 2.75) is 44.8 Å². The maximum absolute atomic E-state index is 13.3. The van der Waals surface area contributed by atoms with Crippen LogP contribution in [0.3, 0.4) is 0 Å². The molecule has 0 bridgehead atoms. The summed E-state index contributed by atoms with van der Waals surface area (Å²) in [5.41, 5.74) is 5.52. The van der Waals surface area contributed by atoms with E-state index in [2.05, 4.69) is 60.5 Å². The molecule has 39 heavy (non-hydrogen) atoms. The number of halogens is 2. The Labute approximate surface area is 238 Å². The van der Waals surface area contributed by atoms with E-state index in [0.29, 0.717) is 22.4 Å². The SMILES string of the molecule is CC1=CC(C)(C)N(C)c2cc(Cl)c([C@@H]3[C@@H](c4ccccn4)NC(=S)N3CCC(=O)Nc3ccc(F)cc3)cc21. The smallest absolute Gasteiger partial charge is 0.226 e. The molecule has 5 rings (SSSR count). The number of carbonyl (C=O) groups excluding carboxylic acids is 1. The van der Waals surface area contributed by atoms with Crippen LogP contribution in [0.25, 0.3) is 5.57 Å². The number of nitrogens with zero attached hydrogens (tertiary/aromatic N) is 3. The molecule has 2 N–H and O–H groups in total. The summed E-state index contributed by atoms with van der Waals surface area (Å²) in [4.78, 5) is 21.7. The topological polar surface area (TPSA) is 60.5 Å². The fourth-order valence-electron chi connectivity index (χ4n) is 5.38. The maximum atomic E-state index is 13.3. The number of likely N-dealkylation sites (N-methyl/N-ethyl adjacent to an activating group) is 1. The number of pyridine rings is 1. The van der Waals surface area contributed by atoms with Crippen LogP contribution in [0.15, 0.2) is 66.9 Å². The van der Waals surface area contributed by atoms with Crippen LogP contribution in [0.2, 0.25) is 5.02 Å². The van der Waals surface area contributed by atoms with Crippen LogP contribution >= 0.6 is 23.8 Å². The van der Waals surface area contributed by atoms with E-state index in [1.165, 1.54) is 29.8 Å². The van der Waals surface area contributed by atoms with E-state index >= 15 is 0 Å². The van der Waals surface area contributed by atoms with Crippen molar-refractivity contribution in [3.8, 4) is 0 Å². The van der Waals surface area contributed by atoms with Crippen molar-refractivity contribution >= 4 is 51.8 Å². The second-order valence-corrected chi connectivity index (χ2v) is 11.3. The highest BCUT2D eigenvalue weighted by Gasteiger charge is 2.41. The van der Waals surface area contributed by atoms with Gasteiger partial charge in [-0.2, -0.15) is 0 Å². The van der Waals surface area contributed by atoms with Crippen molar-refractivity contribution in [3.63, 3.8) is 0 Å². The van der Waals surface area contributed by atoms with Gasteiger partial charge in [-0.1, -0.05) is 23.7 Å². The van der Waals surface area contributed by atoms with E-state index in [0.717, 1.165) is 22.5 Å². The lowest BCUT2D eigenvalue weighted by Gasteiger charge is -2.41. The molecule has 2 aliphatic heterocycles. The highest BCUT2D eigenvalue weighted by Crippen LogP contribution is 2.46. The van der Waals surface area contributed by atoms with Gasteiger partial charge in [0.15, 0.2) is 5.11 Å². The Morgan fingerprint density at radius 1 is 1.21 bits per heavy atom. The lowest BCUT2D eigenvalue weighted by molar-refractivity contribution is -0.116. The Hall–Kier alpha value is -3.49. The molecule has 2 atom stereocenters. The number of aromatic nitrogens is 1. The van der Waals surface area contributed by atoms with Crippen LogP contribution in [0, 0.1) is 5.82 Å².